The number of halogens is 1. The largest absolute Gasteiger partial charge is 0.465 e. The third-order valence-electron chi connectivity index (χ3n) is 4.21. The molecule has 0 fully saturated rings. The Kier molecular flexibility index (Phi) is 8.32. The highest BCUT2D eigenvalue weighted by Gasteiger charge is 2.21. The molecule has 0 amide bonds. The molecule has 0 spiro atoms. The van der Waals surface area contributed by atoms with Gasteiger partial charge in [-0.3, -0.25) is 9.36 Å². The van der Waals surface area contributed by atoms with Crippen molar-refractivity contribution in [1.29, 1.82) is 0 Å². The molecular weight excluding hydrogens is 405 g/mol. The topological polar surface area (TPSA) is 91.2 Å². The van der Waals surface area contributed by atoms with Crippen LogP contribution in [0.25, 0.3) is 0 Å². The third kappa shape index (κ3) is 6.92. The van der Waals surface area contributed by atoms with Crippen molar-refractivity contribution >= 4 is 23.7 Å². The number of methoxy groups -OCH3 is 1. The molecule has 0 atom stereocenters. The lowest BCUT2D eigenvalue weighted by Crippen LogP contribution is -2.25. The first-order valence-corrected chi connectivity index (χ1v) is 9.74. The van der Waals surface area contributed by atoms with Gasteiger partial charge in [0.15, 0.2) is 0 Å². The van der Waals surface area contributed by atoms with E-state index in [2.05, 4.69) is 10.5 Å². The van der Waals surface area contributed by atoms with Gasteiger partial charge in [0.2, 0.25) is 0 Å². The van der Waals surface area contributed by atoms with Crippen LogP contribution in [0.15, 0.2) is 40.3 Å². The number of para-hydroxylation sites is 1. The van der Waals surface area contributed by atoms with Gasteiger partial charge >= 0.3 is 5.97 Å². The number of hydrogen-bond donors (Lipinski definition) is 1. The standard InChI is InChI=1S/C22H28FN3O5/c1-22(2,3)30-12-13-31-24-11-10-15-14-18(27)26(4)20(19(15)21(28)29-5)25-17-9-7-6-8-16(17)23/h6-9,11,14,25H,10,12-13H2,1-5H3/b24-11+. The van der Waals surface area contributed by atoms with Crippen molar-refractivity contribution in [2.75, 3.05) is 25.6 Å². The highest BCUT2D eigenvalue weighted by Crippen LogP contribution is 2.25. The Bertz CT molecular complexity index is 996. The van der Waals surface area contributed by atoms with Crippen LogP contribution in [-0.2, 0) is 27.8 Å². The average Bonchev–Trinajstić information content (AvgIpc) is 2.71. The fourth-order valence-electron chi connectivity index (χ4n) is 2.70. The summed E-state index contributed by atoms with van der Waals surface area (Å²) in [5, 5.41) is 6.68. The van der Waals surface area contributed by atoms with E-state index >= 15 is 0 Å². The van der Waals surface area contributed by atoms with E-state index in [9.17, 15) is 14.0 Å². The van der Waals surface area contributed by atoms with Crippen molar-refractivity contribution < 1.29 is 23.5 Å². The molecule has 9 heteroatoms. The summed E-state index contributed by atoms with van der Waals surface area (Å²) >= 11 is 0. The van der Waals surface area contributed by atoms with Crippen molar-refractivity contribution in [3.8, 4) is 0 Å². The minimum absolute atomic E-state index is 0.107. The van der Waals surface area contributed by atoms with Gasteiger partial charge in [-0.15, -0.1) is 0 Å². The maximum absolute atomic E-state index is 14.1. The van der Waals surface area contributed by atoms with Crippen molar-refractivity contribution in [1.82, 2.24) is 4.57 Å². The van der Waals surface area contributed by atoms with Gasteiger partial charge in [-0.1, -0.05) is 17.3 Å². The molecule has 0 aliphatic heterocycles. The van der Waals surface area contributed by atoms with Crippen LogP contribution in [0, 0.1) is 5.82 Å². The van der Waals surface area contributed by atoms with Gasteiger partial charge in [-0.25, -0.2) is 9.18 Å². The molecule has 168 valence electrons. The Hall–Kier alpha value is -3.20. The highest BCUT2D eigenvalue weighted by molar-refractivity contribution is 5.97. The summed E-state index contributed by atoms with van der Waals surface area (Å²) in [4.78, 5) is 30.1. The number of esters is 1. The number of rotatable bonds is 9. The first kappa shape index (κ1) is 24.1. The maximum atomic E-state index is 14.1. The summed E-state index contributed by atoms with van der Waals surface area (Å²) in [6.07, 6.45) is 1.57. The van der Waals surface area contributed by atoms with Crippen LogP contribution in [0.3, 0.4) is 0 Å². The Morgan fingerprint density at radius 1 is 1.26 bits per heavy atom. The van der Waals surface area contributed by atoms with Crippen LogP contribution in [0.4, 0.5) is 15.9 Å². The SMILES string of the molecule is COC(=O)c1c(C/C=N/OCCOC(C)(C)C)cc(=O)n(C)c1Nc1ccccc1F. The summed E-state index contributed by atoms with van der Waals surface area (Å²) in [5.74, 6) is -1.08. The van der Waals surface area contributed by atoms with Crippen molar-refractivity contribution in [3.63, 3.8) is 0 Å². The number of oxime groups is 1. The van der Waals surface area contributed by atoms with E-state index in [0.29, 0.717) is 12.2 Å². The molecule has 0 radical (unpaired) electrons. The lowest BCUT2D eigenvalue weighted by molar-refractivity contribution is -0.0339. The predicted octanol–water partition coefficient (Wildman–Crippen LogP) is 3.41. The van der Waals surface area contributed by atoms with Gasteiger partial charge in [0.25, 0.3) is 5.56 Å². The van der Waals surface area contributed by atoms with Crippen molar-refractivity contribution in [2.45, 2.75) is 32.8 Å². The van der Waals surface area contributed by atoms with Crippen LogP contribution in [0.5, 0.6) is 0 Å². The van der Waals surface area contributed by atoms with Crippen LogP contribution in [0.2, 0.25) is 0 Å². The summed E-state index contributed by atoms with van der Waals surface area (Å²) in [6, 6.07) is 7.27. The smallest absolute Gasteiger partial charge is 0.341 e. The predicted molar refractivity (Wildman–Crippen MR) is 117 cm³/mol. The zero-order chi connectivity index (χ0) is 23.0. The first-order valence-electron chi connectivity index (χ1n) is 9.74. The lowest BCUT2D eigenvalue weighted by atomic mass is 10.1. The number of carbonyl (C=O) groups excluding carboxylic acids is 1. The Labute approximate surface area is 180 Å². The Balaban J connectivity index is 2.26. The molecule has 1 heterocycles. The molecular formula is C22H28FN3O5. The second kappa shape index (κ2) is 10.7. The molecule has 2 rings (SSSR count). The van der Waals surface area contributed by atoms with Gasteiger partial charge in [0.1, 0.15) is 23.8 Å². The normalized spacial score (nSPS) is 11.5. The molecule has 1 aromatic carbocycles. The number of benzene rings is 1. The minimum atomic E-state index is -0.669. The number of nitrogens with zero attached hydrogens (tertiary/aromatic N) is 2. The van der Waals surface area contributed by atoms with E-state index in [0.717, 1.165) is 0 Å². The van der Waals surface area contributed by atoms with Crippen LogP contribution >= 0.6 is 0 Å². The van der Waals surface area contributed by atoms with E-state index in [1.165, 1.54) is 43.1 Å². The van der Waals surface area contributed by atoms with E-state index < -0.39 is 11.8 Å². The van der Waals surface area contributed by atoms with Gasteiger partial charge < -0.3 is 19.6 Å². The average molecular weight is 433 g/mol. The molecule has 0 unspecified atom stereocenters. The number of ether oxygens (including phenoxy) is 2. The Morgan fingerprint density at radius 3 is 2.61 bits per heavy atom. The molecule has 31 heavy (non-hydrogen) atoms. The molecule has 0 aliphatic rings. The lowest BCUT2D eigenvalue weighted by Gasteiger charge is -2.18. The second-order valence-corrected chi connectivity index (χ2v) is 7.67. The summed E-state index contributed by atoms with van der Waals surface area (Å²) in [7, 11) is 2.71. The molecule has 1 aromatic heterocycles. The van der Waals surface area contributed by atoms with E-state index in [1.54, 1.807) is 12.1 Å². The number of nitrogens with one attached hydrogen (secondary N) is 1. The first-order chi connectivity index (χ1) is 14.6. The summed E-state index contributed by atoms with van der Waals surface area (Å²) in [5.41, 5.74) is -0.0544. The molecule has 0 saturated carbocycles. The van der Waals surface area contributed by atoms with E-state index in [1.807, 2.05) is 20.8 Å². The second-order valence-electron chi connectivity index (χ2n) is 7.67. The number of pyridine rings is 1. The molecule has 0 aliphatic carbocycles. The van der Waals surface area contributed by atoms with Gasteiger partial charge in [0.05, 0.1) is 25.0 Å². The number of aromatic nitrogens is 1. The molecule has 2 aromatic rings. The van der Waals surface area contributed by atoms with Gasteiger partial charge in [-0.05, 0) is 38.5 Å². The fraction of sp³-hybridized carbons (Fsp3) is 0.409. The molecule has 0 saturated heterocycles. The molecule has 0 bridgehead atoms. The van der Waals surface area contributed by atoms with E-state index in [-0.39, 0.29) is 41.3 Å². The summed E-state index contributed by atoms with van der Waals surface area (Å²) in [6.45, 7) is 6.44. The monoisotopic (exact) mass is 433 g/mol. The van der Waals surface area contributed by atoms with Gasteiger partial charge in [0, 0.05) is 25.7 Å². The van der Waals surface area contributed by atoms with Crippen LogP contribution in [-0.4, -0.2) is 42.7 Å². The highest BCUT2D eigenvalue weighted by atomic mass is 19.1. The minimum Gasteiger partial charge on any atom is -0.465 e. The van der Waals surface area contributed by atoms with Crippen LogP contribution < -0.4 is 10.9 Å². The zero-order valence-corrected chi connectivity index (χ0v) is 18.4. The van der Waals surface area contributed by atoms with E-state index in [4.69, 9.17) is 14.3 Å². The number of carbonyl (C=O) groups is 1. The van der Waals surface area contributed by atoms with Crippen molar-refractivity contribution in [2.24, 2.45) is 12.2 Å². The van der Waals surface area contributed by atoms with Gasteiger partial charge in [-0.2, -0.15) is 0 Å². The van der Waals surface area contributed by atoms with Crippen molar-refractivity contribution in [3.05, 3.63) is 57.6 Å². The summed E-state index contributed by atoms with van der Waals surface area (Å²) < 4.78 is 25.8. The number of hydrogen-bond acceptors (Lipinski definition) is 7. The number of anilines is 2. The Morgan fingerprint density at radius 2 is 1.97 bits per heavy atom. The zero-order valence-electron chi connectivity index (χ0n) is 18.4. The molecule has 1 N–H and O–H groups in total. The van der Waals surface area contributed by atoms with Crippen LogP contribution in [0.1, 0.15) is 36.7 Å². The quantitative estimate of drug-likeness (QED) is 0.282. The molecule has 8 nitrogen and oxygen atoms in total. The fourth-order valence-corrected chi connectivity index (χ4v) is 2.70. The third-order valence-corrected chi connectivity index (χ3v) is 4.21. The maximum Gasteiger partial charge on any atom is 0.341 e.